The molecule has 9 nitrogen and oxygen atoms in total. The number of rotatable bonds is 6. The maximum Gasteiger partial charge on any atom is 0.237 e. The summed E-state index contributed by atoms with van der Waals surface area (Å²) in [7, 11) is 0. The summed E-state index contributed by atoms with van der Waals surface area (Å²) in [5.41, 5.74) is 1.35. The number of benzene rings is 1. The third-order valence-electron chi connectivity index (χ3n) is 6.07. The lowest BCUT2D eigenvalue weighted by atomic mass is 10.2. The molecular weight excluding hydrogens is 440 g/mol. The molecule has 1 fully saturated rings. The molecular formula is C23H30N6O3S. The molecule has 4 rings (SSSR count). The first-order valence-electron chi connectivity index (χ1n) is 11.5. The van der Waals surface area contributed by atoms with Crippen molar-refractivity contribution in [2.24, 2.45) is 0 Å². The van der Waals surface area contributed by atoms with Gasteiger partial charge in [-0.3, -0.25) is 14.4 Å². The Morgan fingerprint density at radius 3 is 2.82 bits per heavy atom. The van der Waals surface area contributed by atoms with Crippen molar-refractivity contribution >= 4 is 40.9 Å². The fourth-order valence-electron chi connectivity index (χ4n) is 4.40. The van der Waals surface area contributed by atoms with Gasteiger partial charge >= 0.3 is 0 Å². The lowest BCUT2D eigenvalue weighted by Gasteiger charge is -2.27. The minimum absolute atomic E-state index is 0.0913. The zero-order chi connectivity index (χ0) is 23.4. The van der Waals surface area contributed by atoms with E-state index >= 15 is 0 Å². The van der Waals surface area contributed by atoms with E-state index in [0.717, 1.165) is 31.6 Å². The summed E-state index contributed by atoms with van der Waals surface area (Å²) in [6.07, 6.45) is 3.85. The van der Waals surface area contributed by atoms with Crippen LogP contribution in [0.3, 0.4) is 0 Å². The first kappa shape index (κ1) is 23.3. The monoisotopic (exact) mass is 470 g/mol. The van der Waals surface area contributed by atoms with Crippen LogP contribution in [0, 0.1) is 0 Å². The van der Waals surface area contributed by atoms with Crippen LogP contribution in [-0.2, 0) is 27.5 Å². The SMILES string of the molecule is CCn1c(CN2CCCCCC2=O)nnc1SCC(=O)N1c2ccccc2NC(=O)C[C@H]1C. The van der Waals surface area contributed by atoms with Gasteiger partial charge in [-0.05, 0) is 38.8 Å². The molecule has 2 aromatic rings. The fourth-order valence-corrected chi connectivity index (χ4v) is 5.28. The molecule has 0 unspecified atom stereocenters. The number of likely N-dealkylation sites (tertiary alicyclic amines) is 1. The van der Waals surface area contributed by atoms with Crippen molar-refractivity contribution < 1.29 is 14.4 Å². The molecule has 0 spiro atoms. The second-order valence-corrected chi connectivity index (χ2v) is 9.38. The van der Waals surface area contributed by atoms with Crippen LogP contribution >= 0.6 is 11.8 Å². The molecule has 0 saturated carbocycles. The number of fused-ring (bicyclic) bond motifs is 1. The van der Waals surface area contributed by atoms with Gasteiger partial charge in [0.15, 0.2) is 11.0 Å². The normalized spacial score (nSPS) is 19.0. The minimum Gasteiger partial charge on any atom is -0.335 e. The highest BCUT2D eigenvalue weighted by molar-refractivity contribution is 7.99. The summed E-state index contributed by atoms with van der Waals surface area (Å²) in [5, 5.41) is 12.2. The Kier molecular flexibility index (Phi) is 7.32. The van der Waals surface area contributed by atoms with Gasteiger partial charge in [0.2, 0.25) is 17.7 Å². The van der Waals surface area contributed by atoms with Crippen LogP contribution < -0.4 is 10.2 Å². The first-order valence-corrected chi connectivity index (χ1v) is 12.5. The Hall–Kier alpha value is -2.88. The molecule has 1 atom stereocenters. The average molecular weight is 471 g/mol. The van der Waals surface area contributed by atoms with Crippen LogP contribution in [0.25, 0.3) is 0 Å². The zero-order valence-electron chi connectivity index (χ0n) is 19.1. The number of nitrogens with zero attached hydrogens (tertiary/aromatic N) is 5. The molecule has 0 radical (unpaired) electrons. The summed E-state index contributed by atoms with van der Waals surface area (Å²) in [4.78, 5) is 41.4. The number of para-hydroxylation sites is 2. The van der Waals surface area contributed by atoms with Crippen molar-refractivity contribution in [2.45, 2.75) is 70.2 Å². The molecule has 1 aromatic carbocycles. The van der Waals surface area contributed by atoms with Gasteiger partial charge in [-0.25, -0.2) is 0 Å². The Morgan fingerprint density at radius 1 is 1.18 bits per heavy atom. The van der Waals surface area contributed by atoms with E-state index in [4.69, 9.17) is 0 Å². The molecule has 1 N–H and O–H groups in total. The van der Waals surface area contributed by atoms with Gasteiger partial charge in [-0.2, -0.15) is 0 Å². The molecule has 176 valence electrons. The Bertz CT molecular complexity index is 1040. The predicted molar refractivity (Wildman–Crippen MR) is 127 cm³/mol. The molecule has 1 saturated heterocycles. The number of anilines is 2. The summed E-state index contributed by atoms with van der Waals surface area (Å²) in [6.45, 7) is 5.73. The summed E-state index contributed by atoms with van der Waals surface area (Å²) < 4.78 is 1.97. The third kappa shape index (κ3) is 5.21. The van der Waals surface area contributed by atoms with Gasteiger partial charge in [0.25, 0.3) is 0 Å². The molecule has 2 aliphatic heterocycles. The van der Waals surface area contributed by atoms with E-state index in [1.807, 2.05) is 47.6 Å². The quantitative estimate of drug-likeness (QED) is 0.652. The number of carbonyl (C=O) groups excluding carboxylic acids is 3. The number of hydrogen-bond donors (Lipinski definition) is 1. The van der Waals surface area contributed by atoms with Crippen LogP contribution in [-0.4, -0.2) is 55.7 Å². The highest BCUT2D eigenvalue weighted by atomic mass is 32.2. The first-order chi connectivity index (χ1) is 16.0. The maximum absolute atomic E-state index is 13.3. The highest BCUT2D eigenvalue weighted by Gasteiger charge is 2.30. The average Bonchev–Trinajstić information content (AvgIpc) is 2.98. The molecule has 2 aliphatic rings. The number of hydrogen-bond acceptors (Lipinski definition) is 6. The van der Waals surface area contributed by atoms with Crippen molar-refractivity contribution in [3.63, 3.8) is 0 Å². The Labute approximate surface area is 197 Å². The zero-order valence-corrected chi connectivity index (χ0v) is 19.9. The van der Waals surface area contributed by atoms with Gasteiger partial charge in [0, 0.05) is 32.0 Å². The molecule has 0 aliphatic carbocycles. The van der Waals surface area contributed by atoms with E-state index in [0.29, 0.717) is 36.0 Å². The van der Waals surface area contributed by atoms with Crippen molar-refractivity contribution in [1.82, 2.24) is 19.7 Å². The highest BCUT2D eigenvalue weighted by Crippen LogP contribution is 2.32. The Balaban J connectivity index is 1.47. The van der Waals surface area contributed by atoms with Gasteiger partial charge < -0.3 is 19.7 Å². The van der Waals surface area contributed by atoms with Crippen LogP contribution in [0.15, 0.2) is 29.4 Å². The smallest absolute Gasteiger partial charge is 0.237 e. The number of carbonyl (C=O) groups is 3. The van der Waals surface area contributed by atoms with Gasteiger partial charge in [0.1, 0.15) is 0 Å². The number of aromatic nitrogens is 3. The lowest BCUT2D eigenvalue weighted by molar-refractivity contribution is -0.131. The van der Waals surface area contributed by atoms with Crippen LogP contribution in [0.2, 0.25) is 0 Å². The molecule has 1 aromatic heterocycles. The van der Waals surface area contributed by atoms with Crippen molar-refractivity contribution in [1.29, 1.82) is 0 Å². The molecule has 3 amide bonds. The van der Waals surface area contributed by atoms with E-state index in [2.05, 4.69) is 15.5 Å². The minimum atomic E-state index is -0.254. The largest absolute Gasteiger partial charge is 0.335 e. The molecule has 3 heterocycles. The second kappa shape index (κ2) is 10.4. The maximum atomic E-state index is 13.3. The van der Waals surface area contributed by atoms with E-state index in [1.54, 1.807) is 4.90 Å². The molecule has 0 bridgehead atoms. The standard InChI is InChI=1S/C23H30N6O3S/c1-3-28-19(14-27-12-8-4-5-11-21(27)31)25-26-23(28)33-15-22(32)29-16(2)13-20(30)24-17-9-6-7-10-18(17)29/h6-7,9-10,16H,3-5,8,11-15H2,1-2H3,(H,24,30)/t16-/m1/s1. The summed E-state index contributed by atoms with van der Waals surface area (Å²) >= 11 is 1.33. The number of nitrogens with one attached hydrogen (secondary N) is 1. The number of amides is 3. The van der Waals surface area contributed by atoms with Crippen molar-refractivity contribution in [3.05, 3.63) is 30.1 Å². The molecule has 33 heavy (non-hydrogen) atoms. The topological polar surface area (TPSA) is 100 Å². The van der Waals surface area contributed by atoms with Gasteiger partial charge in [-0.1, -0.05) is 30.3 Å². The predicted octanol–water partition coefficient (Wildman–Crippen LogP) is 3.06. The number of thioether (sulfide) groups is 1. The summed E-state index contributed by atoms with van der Waals surface area (Å²) in [5.74, 6) is 0.890. The third-order valence-corrected chi connectivity index (χ3v) is 7.02. The fraction of sp³-hybridized carbons (Fsp3) is 0.522. The van der Waals surface area contributed by atoms with E-state index < -0.39 is 0 Å². The van der Waals surface area contributed by atoms with E-state index in [9.17, 15) is 14.4 Å². The second-order valence-electron chi connectivity index (χ2n) is 8.44. The summed E-state index contributed by atoms with van der Waals surface area (Å²) in [6, 6.07) is 7.11. The molecule has 10 heteroatoms. The van der Waals surface area contributed by atoms with E-state index in [1.165, 1.54) is 11.8 Å². The Morgan fingerprint density at radius 2 is 2.00 bits per heavy atom. The van der Waals surface area contributed by atoms with Crippen molar-refractivity contribution in [3.8, 4) is 0 Å². The van der Waals surface area contributed by atoms with Crippen molar-refractivity contribution in [2.75, 3.05) is 22.5 Å². The van der Waals surface area contributed by atoms with Crippen LogP contribution in [0.4, 0.5) is 11.4 Å². The van der Waals surface area contributed by atoms with Gasteiger partial charge in [0.05, 0.1) is 23.7 Å². The van der Waals surface area contributed by atoms with Crippen LogP contribution in [0.1, 0.15) is 51.8 Å². The van der Waals surface area contributed by atoms with Crippen LogP contribution in [0.5, 0.6) is 0 Å². The van der Waals surface area contributed by atoms with E-state index in [-0.39, 0.29) is 35.9 Å². The van der Waals surface area contributed by atoms with Gasteiger partial charge in [-0.15, -0.1) is 10.2 Å². The lowest BCUT2D eigenvalue weighted by Crippen LogP contribution is -2.40.